The van der Waals surface area contributed by atoms with E-state index in [2.05, 4.69) is 10.0 Å². The van der Waals surface area contributed by atoms with Crippen LogP contribution in [0.2, 0.25) is 0 Å². The summed E-state index contributed by atoms with van der Waals surface area (Å²) in [7, 11) is -3.87. The number of nitrogens with one attached hydrogen (secondary N) is 2. The van der Waals surface area contributed by atoms with Gasteiger partial charge in [-0.1, -0.05) is 13.0 Å². The van der Waals surface area contributed by atoms with E-state index in [0.29, 0.717) is 5.56 Å². The van der Waals surface area contributed by atoms with Gasteiger partial charge in [-0.25, -0.2) is 17.5 Å². The Balaban J connectivity index is 2.36. The number of nitrogens with zero attached hydrogens (tertiary/aromatic N) is 1. The van der Waals surface area contributed by atoms with Gasteiger partial charge < -0.3 is 5.32 Å². The summed E-state index contributed by atoms with van der Waals surface area (Å²) in [5.41, 5.74) is -0.205. The summed E-state index contributed by atoms with van der Waals surface area (Å²) in [6.45, 7) is 3.26. The van der Waals surface area contributed by atoms with E-state index in [1.807, 2.05) is 0 Å². The standard InChI is InChI=1S/C16H16FN3O5S/c1-3-18-26(24,25)12-6-7-14(17)13(9-12)16(21)19-11-5-4-10(2)15(8-11)20(22)23/h4-9,18H,3H2,1-2H3,(H,19,21). The second-order valence-corrected chi connectivity index (χ2v) is 7.12. The lowest BCUT2D eigenvalue weighted by atomic mass is 10.1. The highest BCUT2D eigenvalue weighted by Gasteiger charge is 2.20. The Morgan fingerprint density at radius 3 is 2.54 bits per heavy atom. The van der Waals surface area contributed by atoms with Crippen molar-refractivity contribution < 1.29 is 22.5 Å². The van der Waals surface area contributed by atoms with Crippen LogP contribution in [0.3, 0.4) is 0 Å². The molecule has 0 atom stereocenters. The van der Waals surface area contributed by atoms with Gasteiger partial charge in [0.1, 0.15) is 5.82 Å². The average molecular weight is 381 g/mol. The molecule has 2 aromatic rings. The molecule has 2 aromatic carbocycles. The number of nitro benzene ring substituents is 1. The fourth-order valence-electron chi connectivity index (χ4n) is 2.20. The second kappa shape index (κ2) is 7.58. The van der Waals surface area contributed by atoms with Gasteiger partial charge in [-0.15, -0.1) is 0 Å². The molecule has 26 heavy (non-hydrogen) atoms. The summed E-state index contributed by atoms with van der Waals surface area (Å²) < 4.78 is 40.2. The van der Waals surface area contributed by atoms with Gasteiger partial charge in [0.15, 0.2) is 0 Å². The molecule has 2 N–H and O–H groups in total. The van der Waals surface area contributed by atoms with E-state index in [1.165, 1.54) is 12.1 Å². The molecule has 2 rings (SSSR count). The molecule has 0 aliphatic carbocycles. The van der Waals surface area contributed by atoms with Crippen LogP contribution in [0.25, 0.3) is 0 Å². The van der Waals surface area contributed by atoms with Gasteiger partial charge in [0, 0.05) is 23.9 Å². The van der Waals surface area contributed by atoms with Gasteiger partial charge in [0.05, 0.1) is 15.4 Å². The van der Waals surface area contributed by atoms with E-state index in [-0.39, 0.29) is 22.8 Å². The first-order valence-electron chi connectivity index (χ1n) is 7.51. The zero-order chi connectivity index (χ0) is 19.5. The van der Waals surface area contributed by atoms with Gasteiger partial charge >= 0.3 is 0 Å². The van der Waals surface area contributed by atoms with Crippen molar-refractivity contribution in [1.82, 2.24) is 4.72 Å². The average Bonchev–Trinajstić information content (AvgIpc) is 2.56. The van der Waals surface area contributed by atoms with Gasteiger partial charge in [0.25, 0.3) is 11.6 Å². The van der Waals surface area contributed by atoms with E-state index in [4.69, 9.17) is 0 Å². The summed E-state index contributed by atoms with van der Waals surface area (Å²) in [5.74, 6) is -1.84. The number of benzene rings is 2. The largest absolute Gasteiger partial charge is 0.322 e. The number of halogens is 1. The molecular weight excluding hydrogens is 365 g/mol. The molecule has 1 amide bonds. The molecule has 0 radical (unpaired) electrons. The van der Waals surface area contributed by atoms with Crippen LogP contribution in [0.4, 0.5) is 15.8 Å². The minimum atomic E-state index is -3.87. The van der Waals surface area contributed by atoms with Crippen molar-refractivity contribution in [2.24, 2.45) is 0 Å². The summed E-state index contributed by atoms with van der Waals surface area (Å²) in [6, 6.07) is 6.83. The number of carbonyl (C=O) groups excluding carboxylic acids is 1. The van der Waals surface area contributed by atoms with E-state index in [1.54, 1.807) is 13.8 Å². The monoisotopic (exact) mass is 381 g/mol. The highest BCUT2D eigenvalue weighted by molar-refractivity contribution is 7.89. The normalized spacial score (nSPS) is 11.2. The molecule has 0 heterocycles. The van der Waals surface area contributed by atoms with Crippen molar-refractivity contribution in [3.63, 3.8) is 0 Å². The molecule has 0 aliphatic rings. The lowest BCUT2D eigenvalue weighted by molar-refractivity contribution is -0.385. The maximum Gasteiger partial charge on any atom is 0.274 e. The van der Waals surface area contributed by atoms with Crippen LogP contribution in [0.1, 0.15) is 22.8 Å². The molecular formula is C16H16FN3O5S. The Morgan fingerprint density at radius 1 is 1.23 bits per heavy atom. The number of nitro groups is 1. The predicted octanol–water partition coefficient (Wildman–Crippen LogP) is 2.59. The molecule has 0 fully saturated rings. The molecule has 0 aromatic heterocycles. The quantitative estimate of drug-likeness (QED) is 0.589. The molecule has 0 saturated carbocycles. The Morgan fingerprint density at radius 2 is 1.92 bits per heavy atom. The highest BCUT2D eigenvalue weighted by atomic mass is 32.2. The van der Waals surface area contributed by atoms with E-state index in [0.717, 1.165) is 24.3 Å². The molecule has 0 unspecified atom stereocenters. The lowest BCUT2D eigenvalue weighted by Crippen LogP contribution is -2.24. The summed E-state index contributed by atoms with van der Waals surface area (Å²) in [6.07, 6.45) is 0. The van der Waals surface area contributed by atoms with E-state index in [9.17, 15) is 27.7 Å². The minimum Gasteiger partial charge on any atom is -0.322 e. The first-order valence-corrected chi connectivity index (χ1v) is 8.99. The van der Waals surface area contributed by atoms with Crippen LogP contribution in [0.5, 0.6) is 0 Å². The Kier molecular flexibility index (Phi) is 5.68. The van der Waals surface area contributed by atoms with Crippen LogP contribution in [-0.4, -0.2) is 25.8 Å². The summed E-state index contributed by atoms with van der Waals surface area (Å²) in [5, 5.41) is 13.3. The maximum atomic E-state index is 14.0. The fourth-order valence-corrected chi connectivity index (χ4v) is 3.27. The van der Waals surface area contributed by atoms with Gasteiger partial charge in [-0.2, -0.15) is 0 Å². The predicted molar refractivity (Wildman–Crippen MR) is 93.0 cm³/mol. The van der Waals surface area contributed by atoms with Gasteiger partial charge in [0.2, 0.25) is 10.0 Å². The molecule has 8 nitrogen and oxygen atoms in total. The number of hydrogen-bond donors (Lipinski definition) is 2. The molecule has 0 spiro atoms. The van der Waals surface area contributed by atoms with Crippen molar-refractivity contribution >= 4 is 27.3 Å². The SMILES string of the molecule is CCNS(=O)(=O)c1ccc(F)c(C(=O)Nc2ccc(C)c([N+](=O)[O-])c2)c1. The molecule has 0 aliphatic heterocycles. The zero-order valence-corrected chi connectivity index (χ0v) is 14.8. The van der Waals surface area contributed by atoms with E-state index < -0.39 is 32.2 Å². The topological polar surface area (TPSA) is 118 Å². The number of hydrogen-bond acceptors (Lipinski definition) is 5. The molecule has 138 valence electrons. The van der Waals surface area contributed by atoms with Crippen molar-refractivity contribution in [2.75, 3.05) is 11.9 Å². The minimum absolute atomic E-state index is 0.0895. The molecule has 0 bridgehead atoms. The number of anilines is 1. The second-order valence-electron chi connectivity index (χ2n) is 5.36. The highest BCUT2D eigenvalue weighted by Crippen LogP contribution is 2.23. The van der Waals surface area contributed by atoms with Crippen molar-refractivity contribution in [1.29, 1.82) is 0 Å². The van der Waals surface area contributed by atoms with Crippen LogP contribution in [0.15, 0.2) is 41.3 Å². The molecule has 10 heteroatoms. The van der Waals surface area contributed by atoms with Crippen LogP contribution in [-0.2, 0) is 10.0 Å². The zero-order valence-electron chi connectivity index (χ0n) is 13.9. The van der Waals surface area contributed by atoms with E-state index >= 15 is 0 Å². The van der Waals surface area contributed by atoms with Crippen molar-refractivity contribution in [3.05, 3.63) is 63.5 Å². The van der Waals surface area contributed by atoms with Crippen LogP contribution in [0, 0.1) is 22.9 Å². The first kappa shape index (κ1) is 19.5. The number of aryl methyl sites for hydroxylation is 1. The number of rotatable bonds is 6. The van der Waals surface area contributed by atoms with Gasteiger partial charge in [-0.05, 0) is 31.2 Å². The third-order valence-corrected chi connectivity index (χ3v) is 5.03. The Hall–Kier alpha value is -2.85. The lowest BCUT2D eigenvalue weighted by Gasteiger charge is -2.09. The summed E-state index contributed by atoms with van der Waals surface area (Å²) >= 11 is 0. The number of amides is 1. The Labute approximate surface area is 149 Å². The van der Waals surface area contributed by atoms with Crippen molar-refractivity contribution in [3.8, 4) is 0 Å². The van der Waals surface area contributed by atoms with Crippen molar-refractivity contribution in [2.45, 2.75) is 18.7 Å². The fraction of sp³-hybridized carbons (Fsp3) is 0.188. The number of sulfonamides is 1. The van der Waals surface area contributed by atoms with Crippen LogP contribution < -0.4 is 10.0 Å². The maximum absolute atomic E-state index is 14.0. The number of carbonyl (C=O) groups is 1. The third kappa shape index (κ3) is 4.21. The Bertz CT molecular complexity index is 976. The molecule has 0 saturated heterocycles. The summed E-state index contributed by atoms with van der Waals surface area (Å²) in [4.78, 5) is 22.4. The third-order valence-electron chi connectivity index (χ3n) is 3.49. The first-order chi connectivity index (χ1) is 12.2. The van der Waals surface area contributed by atoms with Crippen LogP contribution >= 0.6 is 0 Å². The van der Waals surface area contributed by atoms with Gasteiger partial charge in [-0.3, -0.25) is 14.9 Å². The smallest absolute Gasteiger partial charge is 0.274 e.